The van der Waals surface area contributed by atoms with Crippen LogP contribution in [0.2, 0.25) is 0 Å². The van der Waals surface area contributed by atoms with Crippen molar-refractivity contribution in [3.05, 3.63) is 53.5 Å². The third-order valence-corrected chi connectivity index (χ3v) is 5.77. The van der Waals surface area contributed by atoms with Crippen molar-refractivity contribution in [2.24, 2.45) is 0 Å². The number of carbonyl (C=O) groups excluding carboxylic acids is 1. The van der Waals surface area contributed by atoms with Crippen molar-refractivity contribution >= 4 is 23.2 Å². The summed E-state index contributed by atoms with van der Waals surface area (Å²) in [5.74, 6) is 0.518. The molecule has 1 aromatic carbocycles. The van der Waals surface area contributed by atoms with E-state index in [9.17, 15) is 4.79 Å². The van der Waals surface area contributed by atoms with Crippen LogP contribution in [0.4, 0.5) is 17.3 Å². The molecule has 0 bridgehead atoms. The maximum Gasteiger partial charge on any atom is 0.268 e. The molecule has 2 aromatic heterocycles. The number of amides is 1. The lowest BCUT2D eigenvalue weighted by atomic mass is 10.1. The molecule has 4 rings (SSSR count). The third-order valence-electron chi connectivity index (χ3n) is 5.77. The third kappa shape index (κ3) is 3.51. The lowest BCUT2D eigenvalue weighted by Gasteiger charge is -2.21. The van der Waals surface area contributed by atoms with Gasteiger partial charge in [0.1, 0.15) is 5.69 Å². The van der Waals surface area contributed by atoms with Gasteiger partial charge in [-0.3, -0.25) is 4.79 Å². The van der Waals surface area contributed by atoms with Crippen molar-refractivity contribution in [3.63, 3.8) is 0 Å². The predicted molar refractivity (Wildman–Crippen MR) is 121 cm³/mol. The minimum Gasteiger partial charge on any atom is -0.372 e. The molecule has 1 aliphatic heterocycles. The second-order valence-corrected chi connectivity index (χ2v) is 7.45. The highest BCUT2D eigenvalue weighted by atomic mass is 16.2. The van der Waals surface area contributed by atoms with E-state index in [-0.39, 0.29) is 5.91 Å². The highest BCUT2D eigenvalue weighted by Gasteiger charge is 2.26. The van der Waals surface area contributed by atoms with Crippen LogP contribution in [0.3, 0.4) is 0 Å². The Kier molecular flexibility index (Phi) is 5.44. The molecule has 2 N–H and O–H groups in total. The van der Waals surface area contributed by atoms with Crippen molar-refractivity contribution < 1.29 is 4.79 Å². The molecule has 3 heterocycles. The van der Waals surface area contributed by atoms with Crippen LogP contribution in [0.15, 0.2) is 36.5 Å². The molecular weight excluding hydrogens is 376 g/mol. The van der Waals surface area contributed by atoms with E-state index in [1.165, 1.54) is 5.69 Å². The number of nitrogens with one attached hydrogen (secondary N) is 2. The first-order valence-corrected chi connectivity index (χ1v) is 10.5. The van der Waals surface area contributed by atoms with Gasteiger partial charge in [-0.05, 0) is 63.6 Å². The van der Waals surface area contributed by atoms with Gasteiger partial charge < -0.3 is 20.1 Å². The Balaban J connectivity index is 1.62. The molecule has 0 aliphatic carbocycles. The highest BCUT2D eigenvalue weighted by molar-refractivity contribution is 5.97. The highest BCUT2D eigenvalue weighted by Crippen LogP contribution is 2.32. The van der Waals surface area contributed by atoms with Crippen molar-refractivity contribution in [2.45, 2.75) is 34.2 Å². The first-order chi connectivity index (χ1) is 14.5. The van der Waals surface area contributed by atoms with Crippen LogP contribution in [0, 0.1) is 13.8 Å². The van der Waals surface area contributed by atoms with E-state index in [2.05, 4.69) is 51.1 Å². The Labute approximate surface area is 177 Å². The van der Waals surface area contributed by atoms with Gasteiger partial charge in [-0.25, -0.2) is 9.97 Å². The van der Waals surface area contributed by atoms with E-state index in [1.807, 2.05) is 32.0 Å². The predicted octanol–water partition coefficient (Wildman–Crippen LogP) is 3.90. The lowest BCUT2D eigenvalue weighted by Crippen LogP contribution is -2.35. The summed E-state index contributed by atoms with van der Waals surface area (Å²) in [6.45, 7) is 11.7. The van der Waals surface area contributed by atoms with Gasteiger partial charge in [0, 0.05) is 55.0 Å². The zero-order valence-corrected chi connectivity index (χ0v) is 18.0. The van der Waals surface area contributed by atoms with E-state index in [4.69, 9.17) is 4.98 Å². The summed E-state index contributed by atoms with van der Waals surface area (Å²) in [6.07, 6.45) is 1.75. The lowest BCUT2D eigenvalue weighted by molar-refractivity contribution is 0.0926. The van der Waals surface area contributed by atoms with Crippen LogP contribution in [0.5, 0.6) is 0 Å². The monoisotopic (exact) mass is 404 g/mol. The van der Waals surface area contributed by atoms with Crippen LogP contribution in [0.1, 0.15) is 35.6 Å². The number of anilines is 3. The van der Waals surface area contributed by atoms with Crippen LogP contribution in [0.25, 0.3) is 11.3 Å². The summed E-state index contributed by atoms with van der Waals surface area (Å²) in [4.78, 5) is 23.8. The smallest absolute Gasteiger partial charge is 0.268 e. The average Bonchev–Trinajstić information content (AvgIpc) is 3.01. The second-order valence-electron chi connectivity index (χ2n) is 7.45. The Morgan fingerprint density at radius 1 is 1.13 bits per heavy atom. The Morgan fingerprint density at radius 2 is 1.87 bits per heavy atom. The Bertz CT molecular complexity index is 1070. The molecule has 1 amide bonds. The van der Waals surface area contributed by atoms with E-state index in [0.29, 0.717) is 12.5 Å². The molecular formula is C23H28N6O. The summed E-state index contributed by atoms with van der Waals surface area (Å²) < 4.78 is 2.09. The van der Waals surface area contributed by atoms with Crippen LogP contribution < -0.4 is 15.5 Å². The summed E-state index contributed by atoms with van der Waals surface area (Å²) in [7, 11) is 0. The summed E-state index contributed by atoms with van der Waals surface area (Å²) in [6, 6.07) is 10.2. The number of hydrogen-bond acceptors (Lipinski definition) is 5. The number of fused-ring (bicyclic) bond motifs is 1. The van der Waals surface area contributed by atoms with Gasteiger partial charge in [0.2, 0.25) is 5.95 Å². The number of benzene rings is 1. The van der Waals surface area contributed by atoms with Crippen LogP contribution in [-0.4, -0.2) is 40.1 Å². The molecule has 0 atom stereocenters. The molecule has 1 aliphatic rings. The van der Waals surface area contributed by atoms with E-state index < -0.39 is 0 Å². The second kappa shape index (κ2) is 8.18. The van der Waals surface area contributed by atoms with Gasteiger partial charge in [-0.15, -0.1) is 0 Å². The van der Waals surface area contributed by atoms with Crippen molar-refractivity contribution in [2.75, 3.05) is 29.9 Å². The molecule has 0 unspecified atom stereocenters. The van der Waals surface area contributed by atoms with Gasteiger partial charge in [0.05, 0.1) is 5.69 Å². The number of hydrogen-bond donors (Lipinski definition) is 2. The van der Waals surface area contributed by atoms with E-state index in [0.717, 1.165) is 53.5 Å². The molecule has 7 nitrogen and oxygen atoms in total. The standard InChI is InChI=1S/C23H28N6O/c1-5-28(6-2)18-9-7-17(8-10-18)26-23-25-12-11-19(27-23)20-15(3)21-22(30)24-13-14-29(21)16(20)4/h7-12H,5-6,13-14H2,1-4H3,(H,24,30)(H,25,26,27). The fraction of sp³-hybridized carbons (Fsp3) is 0.348. The molecule has 7 heteroatoms. The fourth-order valence-electron chi connectivity index (χ4n) is 4.24. The van der Waals surface area contributed by atoms with Crippen molar-refractivity contribution in [1.82, 2.24) is 19.9 Å². The van der Waals surface area contributed by atoms with Crippen molar-refractivity contribution in [1.29, 1.82) is 0 Å². The normalized spacial score (nSPS) is 13.0. The molecule has 0 saturated carbocycles. The van der Waals surface area contributed by atoms with E-state index in [1.54, 1.807) is 6.20 Å². The van der Waals surface area contributed by atoms with Crippen molar-refractivity contribution in [3.8, 4) is 11.3 Å². The van der Waals surface area contributed by atoms with Gasteiger partial charge >= 0.3 is 0 Å². The first-order valence-electron chi connectivity index (χ1n) is 10.5. The fourth-order valence-corrected chi connectivity index (χ4v) is 4.24. The quantitative estimate of drug-likeness (QED) is 0.652. The SMILES string of the molecule is CCN(CC)c1ccc(Nc2nccc(-c3c(C)c4n(c3C)CCNC4=O)n2)cc1. The molecule has 156 valence electrons. The van der Waals surface area contributed by atoms with E-state index >= 15 is 0 Å². The first kappa shape index (κ1) is 19.9. The zero-order valence-electron chi connectivity index (χ0n) is 18.0. The number of nitrogens with zero attached hydrogens (tertiary/aromatic N) is 4. The van der Waals surface area contributed by atoms with Gasteiger partial charge in [-0.2, -0.15) is 0 Å². The topological polar surface area (TPSA) is 75.1 Å². The Hall–Kier alpha value is -3.35. The van der Waals surface area contributed by atoms with Gasteiger partial charge in [0.15, 0.2) is 0 Å². The minimum absolute atomic E-state index is 0.0196. The maximum absolute atomic E-state index is 12.3. The Morgan fingerprint density at radius 3 is 2.53 bits per heavy atom. The molecule has 0 spiro atoms. The molecule has 30 heavy (non-hydrogen) atoms. The molecule has 0 saturated heterocycles. The van der Waals surface area contributed by atoms with Gasteiger partial charge in [0.25, 0.3) is 5.91 Å². The van der Waals surface area contributed by atoms with Crippen LogP contribution in [-0.2, 0) is 6.54 Å². The number of aromatic nitrogens is 3. The molecule has 0 radical (unpaired) electrons. The van der Waals surface area contributed by atoms with Crippen LogP contribution >= 0.6 is 0 Å². The molecule has 0 fully saturated rings. The zero-order chi connectivity index (χ0) is 21.3. The summed E-state index contributed by atoms with van der Waals surface area (Å²) in [5.41, 5.74) is 6.70. The molecule has 3 aromatic rings. The average molecular weight is 405 g/mol. The summed E-state index contributed by atoms with van der Waals surface area (Å²) in [5, 5.41) is 6.23. The largest absolute Gasteiger partial charge is 0.372 e. The summed E-state index contributed by atoms with van der Waals surface area (Å²) >= 11 is 0. The number of carbonyl (C=O) groups is 1. The number of rotatable bonds is 6. The minimum atomic E-state index is -0.0196. The maximum atomic E-state index is 12.3. The van der Waals surface area contributed by atoms with Gasteiger partial charge in [-0.1, -0.05) is 0 Å².